The lowest BCUT2D eigenvalue weighted by Crippen LogP contribution is -2.59. The number of hydrogen-bond donors (Lipinski definition) is 1. The highest BCUT2D eigenvalue weighted by Crippen LogP contribution is 2.46. The van der Waals surface area contributed by atoms with Gasteiger partial charge < -0.3 is 10.5 Å². The fourth-order valence-electron chi connectivity index (χ4n) is 4.28. The third-order valence-electron chi connectivity index (χ3n) is 5.52. The third kappa shape index (κ3) is 2.50. The van der Waals surface area contributed by atoms with Crippen molar-refractivity contribution in [3.05, 3.63) is 67.0 Å². The zero-order valence-corrected chi connectivity index (χ0v) is 16.9. The van der Waals surface area contributed by atoms with Crippen molar-refractivity contribution in [2.45, 2.75) is 25.6 Å². The molecule has 1 amide bonds. The third-order valence-corrected chi connectivity index (χ3v) is 6.51. The number of fused-ring (bicyclic) bond motifs is 6. The van der Waals surface area contributed by atoms with E-state index in [0.29, 0.717) is 15.1 Å². The minimum atomic E-state index is -1.16. The molecule has 3 aromatic rings. The average Bonchev–Trinajstić information content (AvgIpc) is 3.11. The summed E-state index contributed by atoms with van der Waals surface area (Å²) in [6.45, 7) is 3.64. The van der Waals surface area contributed by atoms with E-state index in [9.17, 15) is 9.59 Å². The number of aryl methyl sites for hydroxylation is 2. The van der Waals surface area contributed by atoms with E-state index < -0.39 is 23.6 Å². The molecule has 2 aromatic heterocycles. The number of nitrogens with two attached hydrogens (primary N) is 1. The Morgan fingerprint density at radius 1 is 1.38 bits per heavy atom. The lowest BCUT2D eigenvalue weighted by Gasteiger charge is -2.44. The Labute approximate surface area is 169 Å². The summed E-state index contributed by atoms with van der Waals surface area (Å²) in [5.74, 6) is -0.725. The van der Waals surface area contributed by atoms with Crippen LogP contribution in [0.3, 0.4) is 0 Å². The number of thiazole rings is 1. The molecule has 0 spiro atoms. The number of para-hydroxylation sites is 1. The Morgan fingerprint density at radius 3 is 2.83 bits per heavy atom. The molecule has 5 rings (SSSR count). The number of amides is 1. The van der Waals surface area contributed by atoms with E-state index in [4.69, 9.17) is 10.5 Å². The Hall–Kier alpha value is -3.20. The fourth-order valence-corrected chi connectivity index (χ4v) is 5.37. The minimum Gasteiger partial charge on any atom is -0.465 e. The summed E-state index contributed by atoms with van der Waals surface area (Å²) >= 11 is 1.28. The molecule has 3 atom stereocenters. The second-order valence-electron chi connectivity index (χ2n) is 7.54. The van der Waals surface area contributed by atoms with Crippen molar-refractivity contribution < 1.29 is 9.53 Å². The number of carbonyl (C=O) groups excluding carboxylic acids is 1. The molecule has 3 unspecified atom stereocenters. The van der Waals surface area contributed by atoms with E-state index in [1.807, 2.05) is 50.5 Å². The van der Waals surface area contributed by atoms with Crippen LogP contribution in [0.15, 0.2) is 40.2 Å². The molecule has 1 aromatic carbocycles. The first kappa shape index (κ1) is 17.9. The number of nitrogens with zero attached hydrogens (tertiary/aromatic N) is 4. The van der Waals surface area contributed by atoms with Crippen LogP contribution in [0.2, 0.25) is 0 Å². The fraction of sp³-hybridized carbons (Fsp3) is 0.300. The first-order valence-electron chi connectivity index (χ1n) is 9.19. The maximum atomic E-state index is 13.4. The van der Waals surface area contributed by atoms with Crippen LogP contribution in [0.1, 0.15) is 29.8 Å². The van der Waals surface area contributed by atoms with Crippen LogP contribution in [-0.2, 0) is 11.8 Å². The highest BCUT2D eigenvalue weighted by Gasteiger charge is 2.54. The predicted molar refractivity (Wildman–Crippen MR) is 107 cm³/mol. The van der Waals surface area contributed by atoms with Crippen molar-refractivity contribution in [2.75, 3.05) is 0 Å². The van der Waals surface area contributed by atoms with Crippen LogP contribution in [0, 0.1) is 12.8 Å². The van der Waals surface area contributed by atoms with Crippen molar-refractivity contribution in [2.24, 2.45) is 23.7 Å². The van der Waals surface area contributed by atoms with E-state index in [1.54, 1.807) is 16.2 Å². The Kier molecular flexibility index (Phi) is 3.63. The molecule has 2 N–H and O–H groups in total. The summed E-state index contributed by atoms with van der Waals surface area (Å²) < 4.78 is 9.93. The highest BCUT2D eigenvalue weighted by molar-refractivity contribution is 7.07. The molecule has 0 saturated heterocycles. The molecule has 2 bridgehead atoms. The lowest BCUT2D eigenvalue weighted by molar-refractivity contribution is -0.133. The summed E-state index contributed by atoms with van der Waals surface area (Å²) in [7, 11) is 1.83. The van der Waals surface area contributed by atoms with Crippen LogP contribution in [0.25, 0.3) is 6.08 Å². The van der Waals surface area contributed by atoms with Gasteiger partial charge in [-0.2, -0.15) is 5.10 Å². The summed E-state index contributed by atoms with van der Waals surface area (Å²) in [5.41, 5.74) is 6.83. The lowest BCUT2D eigenvalue weighted by atomic mass is 9.81. The van der Waals surface area contributed by atoms with Gasteiger partial charge in [0.1, 0.15) is 11.7 Å². The number of benzene rings is 1. The first-order valence-corrected chi connectivity index (χ1v) is 10.0. The van der Waals surface area contributed by atoms with E-state index in [1.165, 1.54) is 11.3 Å². The van der Waals surface area contributed by atoms with Gasteiger partial charge in [-0.3, -0.25) is 18.8 Å². The molecule has 4 heterocycles. The van der Waals surface area contributed by atoms with Gasteiger partial charge in [0.15, 0.2) is 4.80 Å². The van der Waals surface area contributed by atoms with E-state index in [-0.39, 0.29) is 5.56 Å². The second-order valence-corrected chi connectivity index (χ2v) is 8.55. The summed E-state index contributed by atoms with van der Waals surface area (Å²) in [5, 5.41) is 4.32. The minimum absolute atomic E-state index is 0.202. The first-order chi connectivity index (χ1) is 13.8. The van der Waals surface area contributed by atoms with E-state index >= 15 is 0 Å². The van der Waals surface area contributed by atoms with E-state index in [0.717, 1.165) is 16.8 Å². The molecule has 9 heteroatoms. The molecule has 0 fully saturated rings. The van der Waals surface area contributed by atoms with Gasteiger partial charge in [0.2, 0.25) is 11.6 Å². The quantitative estimate of drug-likeness (QED) is 0.653. The zero-order chi connectivity index (χ0) is 20.5. The summed E-state index contributed by atoms with van der Waals surface area (Å²) in [6.07, 6.45) is 3.67. The van der Waals surface area contributed by atoms with Gasteiger partial charge in [-0.15, -0.1) is 0 Å². The Balaban J connectivity index is 1.82. The van der Waals surface area contributed by atoms with E-state index in [2.05, 4.69) is 10.1 Å². The number of aromatic nitrogens is 3. The zero-order valence-electron chi connectivity index (χ0n) is 16.1. The monoisotopic (exact) mass is 409 g/mol. The smallest absolute Gasteiger partial charge is 0.270 e. The van der Waals surface area contributed by atoms with Crippen molar-refractivity contribution in [3.63, 3.8) is 0 Å². The van der Waals surface area contributed by atoms with Gasteiger partial charge in [-0.05, 0) is 26.0 Å². The molecule has 2 aliphatic heterocycles. The summed E-state index contributed by atoms with van der Waals surface area (Å²) in [6, 6.07) is 6.84. The summed E-state index contributed by atoms with van der Waals surface area (Å²) in [4.78, 5) is 31.0. The molecule has 148 valence electrons. The molecule has 8 nitrogen and oxygen atoms in total. The number of primary amides is 1. The molecular weight excluding hydrogens is 390 g/mol. The topological polar surface area (TPSA) is 104 Å². The Bertz CT molecular complexity index is 1350. The standard InChI is InChI=1S/C20H19N5O3S/c1-10-11(9-24(3)23-10)8-14-18(27)25-16-12-6-4-5-7-13(12)28-20(2,15(16)17(21)26)22-19(25)29-14/h4-9,15-16H,1-3H3,(H2,21,26)/b14-8-. The Morgan fingerprint density at radius 2 is 2.14 bits per heavy atom. The van der Waals surface area contributed by atoms with Gasteiger partial charge in [-0.25, -0.2) is 4.99 Å². The highest BCUT2D eigenvalue weighted by atomic mass is 32.1. The molecule has 2 aliphatic rings. The van der Waals surface area contributed by atoms with Crippen LogP contribution < -0.4 is 25.4 Å². The maximum absolute atomic E-state index is 13.4. The maximum Gasteiger partial charge on any atom is 0.270 e. The average molecular weight is 409 g/mol. The largest absolute Gasteiger partial charge is 0.465 e. The molecule has 0 saturated carbocycles. The second kappa shape index (κ2) is 5.90. The predicted octanol–water partition coefficient (Wildman–Crippen LogP) is 0.213. The van der Waals surface area contributed by atoms with Crippen molar-refractivity contribution in [1.29, 1.82) is 0 Å². The van der Waals surface area contributed by atoms with Gasteiger partial charge in [0.25, 0.3) is 5.56 Å². The number of ether oxygens (including phenoxy) is 1. The molecule has 29 heavy (non-hydrogen) atoms. The van der Waals surface area contributed by atoms with Gasteiger partial charge in [0.05, 0.1) is 16.3 Å². The molecule has 0 radical (unpaired) electrons. The van der Waals surface area contributed by atoms with Crippen molar-refractivity contribution >= 4 is 23.3 Å². The SMILES string of the molecule is Cc1nn(C)cc1/C=c1\sc2n(c1=O)C1c3ccccc3OC(C)(N=2)C1C(N)=O. The van der Waals surface area contributed by atoms with Gasteiger partial charge in [-0.1, -0.05) is 29.5 Å². The normalized spacial score (nSPS) is 25.0. The molecule has 0 aliphatic carbocycles. The van der Waals surface area contributed by atoms with Gasteiger partial charge in [0, 0.05) is 24.4 Å². The van der Waals surface area contributed by atoms with Crippen molar-refractivity contribution in [1.82, 2.24) is 14.3 Å². The number of hydrogen-bond acceptors (Lipinski definition) is 6. The van der Waals surface area contributed by atoms with Crippen LogP contribution in [0.5, 0.6) is 5.75 Å². The van der Waals surface area contributed by atoms with Crippen molar-refractivity contribution in [3.8, 4) is 5.75 Å². The molecular formula is C20H19N5O3S. The van der Waals surface area contributed by atoms with Crippen LogP contribution >= 0.6 is 11.3 Å². The number of carbonyl (C=O) groups is 1. The van der Waals surface area contributed by atoms with Crippen LogP contribution in [0.4, 0.5) is 0 Å². The van der Waals surface area contributed by atoms with Crippen LogP contribution in [-0.4, -0.2) is 26.0 Å². The number of rotatable bonds is 2. The van der Waals surface area contributed by atoms with Gasteiger partial charge >= 0.3 is 0 Å².